The third-order valence-corrected chi connectivity index (χ3v) is 9.52. The molecule has 43 heavy (non-hydrogen) atoms. The summed E-state index contributed by atoms with van der Waals surface area (Å²) in [5.41, 5.74) is 2.21. The van der Waals surface area contributed by atoms with Crippen LogP contribution >= 0.6 is 0 Å². The van der Waals surface area contributed by atoms with Crippen molar-refractivity contribution in [2.45, 2.75) is 44.4 Å². The molecule has 228 valence electrons. The Morgan fingerprint density at radius 1 is 1.05 bits per heavy atom. The Hall–Kier alpha value is -3.67. The quantitative estimate of drug-likeness (QED) is 0.464. The van der Waals surface area contributed by atoms with Gasteiger partial charge < -0.3 is 18.9 Å². The average molecular weight is 616 g/mol. The second kappa shape index (κ2) is 11.8. The van der Waals surface area contributed by atoms with Gasteiger partial charge >= 0.3 is 10.2 Å². The number of hydrogen-bond donors (Lipinski definition) is 1. The van der Waals surface area contributed by atoms with Gasteiger partial charge in [-0.05, 0) is 66.3 Å². The molecule has 1 aromatic heterocycles. The van der Waals surface area contributed by atoms with E-state index in [1.807, 2.05) is 0 Å². The van der Waals surface area contributed by atoms with Crippen molar-refractivity contribution in [1.82, 2.24) is 18.5 Å². The highest BCUT2D eigenvalue weighted by molar-refractivity contribution is 7.87. The monoisotopic (exact) mass is 615 g/mol. The highest BCUT2D eigenvalue weighted by Gasteiger charge is 2.31. The summed E-state index contributed by atoms with van der Waals surface area (Å²) in [7, 11) is -4.23. The zero-order valence-corrected chi connectivity index (χ0v) is 24.6. The maximum absolute atomic E-state index is 14.1. The van der Waals surface area contributed by atoms with Crippen LogP contribution in [0.2, 0.25) is 0 Å². The van der Waals surface area contributed by atoms with Crippen LogP contribution in [0, 0.1) is 0 Å². The molecule has 1 aliphatic carbocycles. The van der Waals surface area contributed by atoms with Crippen LogP contribution < -0.4 is 9.46 Å². The van der Waals surface area contributed by atoms with Gasteiger partial charge in [0.25, 0.3) is 11.8 Å². The number of ether oxygens (including phenoxy) is 2. The Morgan fingerprint density at radius 3 is 2.63 bits per heavy atom. The van der Waals surface area contributed by atoms with Crippen LogP contribution in [0.15, 0.2) is 42.0 Å². The lowest BCUT2D eigenvalue weighted by molar-refractivity contribution is -0.126. The molecule has 6 rings (SSSR count). The number of carbonyl (C=O) groups excluding carboxylic acids is 2. The molecular formula is C32H38N4O6S. The minimum atomic E-state index is -4.29. The van der Waals surface area contributed by atoms with Gasteiger partial charge in [0.15, 0.2) is 0 Å². The van der Waals surface area contributed by atoms with E-state index in [0.29, 0.717) is 33.3 Å². The molecule has 3 aromatic rings. The second-order valence-electron chi connectivity index (χ2n) is 10.8. The first-order valence-corrected chi connectivity index (χ1v) is 15.3. The first-order valence-electron chi connectivity index (χ1n) is 18.3. The van der Waals surface area contributed by atoms with Crippen LogP contribution in [-0.4, -0.2) is 81.4 Å². The first-order chi connectivity index (χ1) is 24.0. The molecule has 0 unspecified atom stereocenters. The number of amides is 2. The first kappa shape index (κ1) is 20.3. The highest BCUT2D eigenvalue weighted by Crippen LogP contribution is 2.47. The molecule has 0 atom stereocenters. The molecular weight excluding hydrogens is 568 g/mol. The lowest BCUT2D eigenvalue weighted by atomic mass is 9.81. The maximum atomic E-state index is 14.1. The van der Waals surface area contributed by atoms with Crippen molar-refractivity contribution in [2.75, 3.05) is 47.4 Å². The Balaban J connectivity index is 1.65. The predicted molar refractivity (Wildman–Crippen MR) is 165 cm³/mol. The van der Waals surface area contributed by atoms with Gasteiger partial charge in [-0.25, -0.2) is 4.72 Å². The summed E-state index contributed by atoms with van der Waals surface area (Å²) in [5, 5.41) is 0.452. The SMILES string of the molecule is [2H]C([2H])([2H])Oc1ccc2c(c1)C=C1Cn3c-2c(C2CC([2H])([2H])C([2H])([2H])C([2H])([2H])C2)c2ccc(cc23)C(=O)NS(=O)(=O)N(C)CCOCCN(C)C1=O. The Morgan fingerprint density at radius 2 is 1.84 bits per heavy atom. The van der Waals surface area contributed by atoms with Crippen molar-refractivity contribution in [2.24, 2.45) is 0 Å². The fourth-order valence-electron chi connectivity index (χ4n) is 5.76. The zero-order chi connectivity index (χ0) is 38.2. The lowest BCUT2D eigenvalue weighted by Crippen LogP contribution is -2.42. The van der Waals surface area contributed by atoms with E-state index in [9.17, 15) is 18.0 Å². The molecule has 0 saturated heterocycles. The minimum absolute atomic E-state index is 0.0158. The largest absolute Gasteiger partial charge is 0.497 e. The minimum Gasteiger partial charge on any atom is -0.497 e. The number of fused-ring (bicyclic) bond motifs is 4. The smallest absolute Gasteiger partial charge is 0.303 e. The third-order valence-electron chi connectivity index (χ3n) is 8.08. The molecule has 2 aliphatic heterocycles. The topological polar surface area (TPSA) is 110 Å². The van der Waals surface area contributed by atoms with Gasteiger partial charge in [-0.2, -0.15) is 12.7 Å². The summed E-state index contributed by atoms with van der Waals surface area (Å²) < 4.78 is 116. The average Bonchev–Trinajstić information content (AvgIpc) is 3.24. The van der Waals surface area contributed by atoms with Crippen molar-refractivity contribution in [3.05, 3.63) is 58.7 Å². The number of hydrogen-bond acceptors (Lipinski definition) is 6. The third kappa shape index (κ3) is 5.57. The summed E-state index contributed by atoms with van der Waals surface area (Å²) in [6.45, 7) is -0.0251. The van der Waals surface area contributed by atoms with Crippen LogP contribution in [0.25, 0.3) is 28.2 Å². The fraction of sp³-hybridized carbons (Fsp3) is 0.438. The van der Waals surface area contributed by atoms with E-state index in [2.05, 4.69) is 4.72 Å². The van der Waals surface area contributed by atoms with E-state index < -0.39 is 66.9 Å². The Bertz CT molecular complexity index is 2080. The van der Waals surface area contributed by atoms with Gasteiger partial charge in [0, 0.05) is 63.0 Å². The molecule has 0 spiro atoms. The van der Waals surface area contributed by atoms with Gasteiger partial charge in [0.2, 0.25) is 0 Å². The van der Waals surface area contributed by atoms with E-state index in [1.54, 1.807) is 29.8 Å². The fourth-order valence-corrected chi connectivity index (χ4v) is 6.59. The van der Waals surface area contributed by atoms with E-state index >= 15 is 0 Å². The zero-order valence-electron chi connectivity index (χ0n) is 32.8. The van der Waals surface area contributed by atoms with Crippen molar-refractivity contribution in [3.8, 4) is 17.0 Å². The van der Waals surface area contributed by atoms with E-state index in [0.717, 1.165) is 4.31 Å². The number of likely N-dealkylation sites (N-methyl/N-ethyl adjacent to an activating group) is 2. The molecule has 1 saturated carbocycles. The standard InChI is InChI=1S/C32H38N4O6S/c1-34-13-15-42-16-14-35(2)43(39,40)33-31(37)22-9-11-27-28(19-22)36-20-24(32(34)38)17-23-18-25(41-3)10-12-26(23)30(36)29(27)21-7-5-4-6-8-21/h9-12,17-19,21H,4-8,13-16,20H2,1-3H3,(H,33,37)/i3D3,4D2,5D2,6D2. The van der Waals surface area contributed by atoms with Crippen molar-refractivity contribution in [1.29, 1.82) is 0 Å². The van der Waals surface area contributed by atoms with Gasteiger partial charge in [0.1, 0.15) is 5.75 Å². The molecule has 3 heterocycles. The maximum Gasteiger partial charge on any atom is 0.303 e. The summed E-state index contributed by atoms with van der Waals surface area (Å²) in [5.74, 6) is -2.29. The van der Waals surface area contributed by atoms with Crippen molar-refractivity contribution >= 4 is 39.0 Å². The Kier molecular flexibility index (Phi) is 5.57. The van der Waals surface area contributed by atoms with Gasteiger partial charge in [-0.3, -0.25) is 9.59 Å². The molecule has 10 nitrogen and oxygen atoms in total. The predicted octanol–water partition coefficient (Wildman–Crippen LogP) is 4.16. The summed E-state index contributed by atoms with van der Waals surface area (Å²) in [6, 6.07) is 8.86. The van der Waals surface area contributed by atoms with Gasteiger partial charge in [-0.15, -0.1) is 0 Å². The number of carbonyl (C=O) groups is 2. The molecule has 2 aromatic carbocycles. The summed E-state index contributed by atoms with van der Waals surface area (Å²) in [4.78, 5) is 29.0. The van der Waals surface area contributed by atoms with E-state index in [1.165, 1.54) is 36.2 Å². The molecule has 1 N–H and O–H groups in total. The lowest BCUT2D eigenvalue weighted by Gasteiger charge is -2.24. The number of methoxy groups -OCH3 is 1. The van der Waals surface area contributed by atoms with Crippen molar-refractivity contribution in [3.63, 3.8) is 0 Å². The van der Waals surface area contributed by atoms with Gasteiger partial charge in [-0.1, -0.05) is 25.2 Å². The highest BCUT2D eigenvalue weighted by atomic mass is 32.2. The van der Waals surface area contributed by atoms with E-state index in [-0.39, 0.29) is 49.7 Å². The van der Waals surface area contributed by atoms with Gasteiger partial charge in [0.05, 0.1) is 36.6 Å². The Labute approximate surface area is 265 Å². The molecule has 0 radical (unpaired) electrons. The van der Waals surface area contributed by atoms with Crippen LogP contribution in [0.4, 0.5) is 0 Å². The molecule has 3 aliphatic rings. The van der Waals surface area contributed by atoms with Crippen LogP contribution in [-0.2, 0) is 26.3 Å². The normalized spacial score (nSPS) is 27.3. The van der Waals surface area contributed by atoms with Crippen LogP contribution in [0.1, 0.15) is 71.7 Å². The molecule has 4 bridgehead atoms. The summed E-state index contributed by atoms with van der Waals surface area (Å²) in [6.07, 6.45) is -7.27. The van der Waals surface area contributed by atoms with E-state index in [4.69, 9.17) is 21.8 Å². The number of nitrogens with zero attached hydrogens (tertiary/aromatic N) is 3. The number of aromatic nitrogens is 1. The number of nitrogens with one attached hydrogen (secondary N) is 1. The second-order valence-corrected chi connectivity index (χ2v) is 12.6. The molecule has 11 heteroatoms. The molecule has 1 fully saturated rings. The van der Waals surface area contributed by atoms with Crippen LogP contribution in [0.3, 0.4) is 0 Å². The number of benzene rings is 2. The van der Waals surface area contributed by atoms with Crippen LogP contribution in [0.5, 0.6) is 5.75 Å². The van der Waals surface area contributed by atoms with Crippen molar-refractivity contribution < 1.29 is 39.8 Å². The number of rotatable bonds is 2. The summed E-state index contributed by atoms with van der Waals surface area (Å²) >= 11 is 0. The molecule has 2 amide bonds.